The van der Waals surface area contributed by atoms with E-state index in [1.165, 1.54) is 24.3 Å². The highest BCUT2D eigenvalue weighted by molar-refractivity contribution is 5.64. The van der Waals surface area contributed by atoms with Gasteiger partial charge in [-0.2, -0.15) is 14.9 Å². The van der Waals surface area contributed by atoms with Gasteiger partial charge in [0.1, 0.15) is 11.6 Å². The van der Waals surface area contributed by atoms with E-state index in [0.717, 1.165) is 12.8 Å². The molecule has 1 aromatic carbocycles. The molecule has 1 aliphatic rings. The number of benzene rings is 1. The van der Waals surface area contributed by atoms with Crippen LogP contribution in [0, 0.1) is 17.1 Å². The Bertz CT molecular complexity index is 1480. The first-order valence-electron chi connectivity index (χ1n) is 9.52. The number of hydrogen-bond acceptors (Lipinski definition) is 7. The molecule has 0 aliphatic heterocycles. The van der Waals surface area contributed by atoms with Crippen molar-refractivity contribution in [3.8, 4) is 17.8 Å². The Morgan fingerprint density at radius 2 is 2.13 bits per heavy atom. The average Bonchev–Trinajstić information content (AvgIpc) is 3.38. The second-order valence-corrected chi connectivity index (χ2v) is 7.23. The summed E-state index contributed by atoms with van der Waals surface area (Å²) in [7, 11) is 0. The molecule has 0 saturated heterocycles. The van der Waals surface area contributed by atoms with Crippen molar-refractivity contribution in [2.24, 2.45) is 4.99 Å². The van der Waals surface area contributed by atoms with Gasteiger partial charge < -0.3 is 15.5 Å². The van der Waals surface area contributed by atoms with Crippen molar-refractivity contribution < 1.29 is 14.6 Å². The van der Waals surface area contributed by atoms with Crippen molar-refractivity contribution in [3.63, 3.8) is 0 Å². The second-order valence-electron chi connectivity index (χ2n) is 7.23. The monoisotopic (exact) mass is 417 g/mol. The molecule has 1 aliphatic carbocycles. The maximum Gasteiger partial charge on any atom is 0.198 e. The van der Waals surface area contributed by atoms with Crippen molar-refractivity contribution in [1.29, 1.82) is 5.26 Å². The number of fused-ring (bicyclic) bond motifs is 1. The van der Waals surface area contributed by atoms with Crippen LogP contribution in [0.25, 0.3) is 11.7 Å². The Morgan fingerprint density at radius 3 is 2.84 bits per heavy atom. The summed E-state index contributed by atoms with van der Waals surface area (Å²) in [5.74, 6) is -0.552. The molecular weight excluding hydrogens is 401 g/mol. The van der Waals surface area contributed by atoms with Crippen LogP contribution in [-0.4, -0.2) is 35.8 Å². The number of rotatable bonds is 4. The third-order valence-corrected chi connectivity index (χ3v) is 4.82. The minimum atomic E-state index is -0.519. The fourth-order valence-electron chi connectivity index (χ4n) is 3.16. The molecule has 0 unspecified atom stereocenters. The lowest BCUT2D eigenvalue weighted by molar-refractivity contribution is 0.425. The lowest BCUT2D eigenvalue weighted by Gasteiger charge is -2.08. The molecule has 0 spiro atoms. The molecule has 4 aromatic rings. The van der Waals surface area contributed by atoms with E-state index in [-0.39, 0.29) is 23.5 Å². The summed E-state index contributed by atoms with van der Waals surface area (Å²) < 4.78 is 15.8. The molecule has 31 heavy (non-hydrogen) atoms. The number of aromatic nitrogens is 4. The highest BCUT2D eigenvalue weighted by atomic mass is 19.1. The average molecular weight is 417 g/mol. The van der Waals surface area contributed by atoms with Gasteiger partial charge in [0.2, 0.25) is 0 Å². The lowest BCUT2D eigenvalue weighted by atomic mass is 10.2. The molecule has 9 nitrogen and oxygen atoms in total. The molecule has 5 rings (SSSR count). The fourth-order valence-corrected chi connectivity index (χ4v) is 3.16. The quantitative estimate of drug-likeness (QED) is 0.400. The van der Waals surface area contributed by atoms with Gasteiger partial charge in [0.25, 0.3) is 0 Å². The molecule has 3 heterocycles. The third kappa shape index (κ3) is 3.64. The van der Waals surface area contributed by atoms with Gasteiger partial charge in [-0.15, -0.1) is 0 Å². The van der Waals surface area contributed by atoms with Crippen molar-refractivity contribution in [1.82, 2.24) is 19.6 Å². The zero-order chi connectivity index (χ0) is 21.5. The van der Waals surface area contributed by atoms with Gasteiger partial charge in [-0.3, -0.25) is 9.98 Å². The molecule has 10 heteroatoms. The van der Waals surface area contributed by atoms with Gasteiger partial charge in [0, 0.05) is 22.9 Å². The van der Waals surface area contributed by atoms with Crippen LogP contribution >= 0.6 is 0 Å². The summed E-state index contributed by atoms with van der Waals surface area (Å²) in [4.78, 5) is 11.6. The van der Waals surface area contributed by atoms with Crippen LogP contribution in [0.5, 0.6) is 11.8 Å². The maximum absolute atomic E-state index is 14.3. The van der Waals surface area contributed by atoms with Crippen molar-refractivity contribution >= 4 is 23.2 Å². The molecule has 0 radical (unpaired) electrons. The molecular formula is C21H16FN7O2. The van der Waals surface area contributed by atoms with Gasteiger partial charge in [0.15, 0.2) is 22.9 Å². The number of hydrogen-bond donors (Lipinski definition) is 4. The standard InChI is InChI=1S/C21H16FN7O2/c22-15-4-1-11(9-23)5-16(15)26-17-8-18(25-14-2-3-14)29-20(27-17)13(10-24-29)6-12-7-19(30)28-21(12)31/h1,4-8,10,14,26,28,30-31H,2-3H2. The summed E-state index contributed by atoms with van der Waals surface area (Å²) in [5.41, 5.74) is 1.77. The van der Waals surface area contributed by atoms with E-state index in [1.54, 1.807) is 22.9 Å². The number of anilines is 2. The van der Waals surface area contributed by atoms with E-state index >= 15 is 0 Å². The first kappa shape index (κ1) is 18.6. The van der Waals surface area contributed by atoms with E-state index in [1.807, 2.05) is 6.07 Å². The van der Waals surface area contributed by atoms with Crippen molar-refractivity contribution in [2.45, 2.75) is 18.9 Å². The third-order valence-electron chi connectivity index (χ3n) is 4.82. The molecule has 0 amide bonds. The van der Waals surface area contributed by atoms with Crippen LogP contribution in [0.2, 0.25) is 0 Å². The maximum atomic E-state index is 14.3. The van der Waals surface area contributed by atoms with Crippen molar-refractivity contribution in [3.05, 3.63) is 64.2 Å². The predicted octanol–water partition coefficient (Wildman–Crippen LogP) is 1.83. The molecule has 154 valence electrons. The molecule has 1 fully saturated rings. The Morgan fingerprint density at radius 1 is 1.29 bits per heavy atom. The smallest absolute Gasteiger partial charge is 0.198 e. The minimum absolute atomic E-state index is 0.117. The van der Waals surface area contributed by atoms with Gasteiger partial charge in [0.05, 0.1) is 29.6 Å². The fraction of sp³-hybridized carbons (Fsp3) is 0.143. The second kappa shape index (κ2) is 7.14. The summed E-state index contributed by atoms with van der Waals surface area (Å²) in [5, 5.41) is 36.4. The number of nitrogens with zero attached hydrogens (tertiary/aromatic N) is 5. The molecule has 3 aromatic heterocycles. The first-order chi connectivity index (χ1) is 15.0. The molecule has 0 atom stereocenters. The van der Waals surface area contributed by atoms with Crippen LogP contribution in [0.4, 0.5) is 15.9 Å². The van der Waals surface area contributed by atoms with Crippen LogP contribution in [-0.2, 0) is 0 Å². The normalized spacial score (nSPS) is 14.8. The van der Waals surface area contributed by atoms with Crippen LogP contribution < -0.4 is 16.0 Å². The van der Waals surface area contributed by atoms with E-state index in [9.17, 15) is 14.6 Å². The minimum Gasteiger partial charge on any atom is -0.494 e. The highest BCUT2D eigenvalue weighted by Crippen LogP contribution is 2.24. The number of nitrogens with one attached hydrogen (secondary N) is 2. The highest BCUT2D eigenvalue weighted by Gasteiger charge is 2.20. The Hall–Kier alpha value is -4.39. The van der Waals surface area contributed by atoms with E-state index < -0.39 is 5.82 Å². The van der Waals surface area contributed by atoms with Crippen LogP contribution in [0.1, 0.15) is 24.0 Å². The van der Waals surface area contributed by atoms with Crippen LogP contribution in [0.15, 0.2) is 41.5 Å². The molecule has 4 N–H and O–H groups in total. The summed E-state index contributed by atoms with van der Waals surface area (Å²) in [6.45, 7) is 0. The number of aromatic hydroxyl groups is 2. The zero-order valence-corrected chi connectivity index (χ0v) is 16.0. The predicted molar refractivity (Wildman–Crippen MR) is 109 cm³/mol. The number of nitriles is 1. The molecule has 0 bridgehead atoms. The Labute approximate surface area is 174 Å². The van der Waals surface area contributed by atoms with E-state index in [0.29, 0.717) is 33.3 Å². The van der Waals surface area contributed by atoms with Crippen LogP contribution in [0.3, 0.4) is 0 Å². The van der Waals surface area contributed by atoms with Gasteiger partial charge in [-0.05, 0) is 37.1 Å². The Kier molecular flexibility index (Phi) is 4.29. The van der Waals surface area contributed by atoms with Gasteiger partial charge >= 0.3 is 0 Å². The van der Waals surface area contributed by atoms with E-state index in [4.69, 9.17) is 5.26 Å². The first-order valence-corrected chi connectivity index (χ1v) is 9.52. The SMILES string of the molecule is N#Cc1ccc(F)c(Nc2cc(=NC3CC3)n3ncc(=Cc4cc(O)[nH]c4O)c3n2)c1. The lowest BCUT2D eigenvalue weighted by Crippen LogP contribution is -2.20. The summed E-state index contributed by atoms with van der Waals surface area (Å²) in [6.07, 6.45) is 5.16. The van der Waals surface area contributed by atoms with E-state index in [2.05, 4.69) is 25.4 Å². The topological polar surface area (TPSA) is 135 Å². The van der Waals surface area contributed by atoms with Crippen molar-refractivity contribution in [2.75, 3.05) is 5.32 Å². The summed E-state index contributed by atoms with van der Waals surface area (Å²) in [6, 6.07) is 9.25. The molecule has 1 saturated carbocycles. The van der Waals surface area contributed by atoms with Gasteiger partial charge in [-0.1, -0.05) is 0 Å². The number of H-pyrrole nitrogens is 1. The van der Waals surface area contributed by atoms with Gasteiger partial charge in [-0.25, -0.2) is 9.37 Å². The Balaban J connectivity index is 1.68. The summed E-state index contributed by atoms with van der Waals surface area (Å²) >= 11 is 0. The largest absolute Gasteiger partial charge is 0.494 e. The number of aromatic amines is 1. The zero-order valence-electron chi connectivity index (χ0n) is 16.0. The number of halogens is 1.